The molecule has 1 aliphatic carbocycles. The van der Waals surface area contributed by atoms with Crippen LogP contribution in [0.15, 0.2) is 40.9 Å². The molecule has 0 aromatic heterocycles. The van der Waals surface area contributed by atoms with E-state index >= 15 is 0 Å². The third kappa shape index (κ3) is 2.02. The largest absolute Gasteiger partial charge is 0.380 e. The van der Waals surface area contributed by atoms with E-state index in [1.807, 2.05) is 0 Å². The normalized spacial score (nSPS) is 27.6. The molecule has 0 saturated carbocycles. The van der Waals surface area contributed by atoms with Crippen molar-refractivity contribution in [1.82, 2.24) is 0 Å². The number of allylic oxidation sites excluding steroid dienone is 1. The summed E-state index contributed by atoms with van der Waals surface area (Å²) in [4.78, 5) is 0. The van der Waals surface area contributed by atoms with Crippen molar-refractivity contribution in [2.45, 2.75) is 25.7 Å². The van der Waals surface area contributed by atoms with Crippen LogP contribution in [0.5, 0.6) is 0 Å². The van der Waals surface area contributed by atoms with Crippen LogP contribution in [0.4, 0.5) is 0 Å². The fourth-order valence-electron chi connectivity index (χ4n) is 3.01. The first-order valence-electron chi connectivity index (χ1n) is 6.30. The maximum Gasteiger partial charge on any atom is 0.0563 e. The fourth-order valence-corrected chi connectivity index (χ4v) is 3.56. The molecule has 1 unspecified atom stereocenters. The van der Waals surface area contributed by atoms with Crippen molar-refractivity contribution in [3.05, 3.63) is 46.5 Å². The van der Waals surface area contributed by atoms with Gasteiger partial charge in [0.25, 0.3) is 0 Å². The van der Waals surface area contributed by atoms with Crippen molar-refractivity contribution in [3.8, 4) is 0 Å². The number of benzene rings is 1. The molecule has 1 aromatic rings. The van der Waals surface area contributed by atoms with E-state index in [-0.39, 0.29) is 5.41 Å². The van der Waals surface area contributed by atoms with Gasteiger partial charge in [0.05, 0.1) is 13.2 Å². The van der Waals surface area contributed by atoms with Crippen molar-refractivity contribution >= 4 is 11.6 Å². The molecule has 1 atom stereocenters. The van der Waals surface area contributed by atoms with Crippen molar-refractivity contribution in [2.24, 2.45) is 5.41 Å². The molecule has 1 heterocycles. The quantitative estimate of drug-likeness (QED) is 0.788. The zero-order valence-corrected chi connectivity index (χ0v) is 10.7. The van der Waals surface area contributed by atoms with E-state index < -0.39 is 0 Å². The van der Waals surface area contributed by atoms with Gasteiger partial charge in [-0.15, -0.1) is 0 Å². The number of rotatable bonds is 3. The summed E-state index contributed by atoms with van der Waals surface area (Å²) < 4.78 is 5.65. The Morgan fingerprint density at radius 3 is 2.82 bits per heavy atom. The monoisotopic (exact) mass is 248 g/mol. The molecular weight excluding hydrogens is 232 g/mol. The van der Waals surface area contributed by atoms with Crippen molar-refractivity contribution in [3.63, 3.8) is 0 Å². The number of aryl methyl sites for hydroxylation is 1. The summed E-state index contributed by atoms with van der Waals surface area (Å²) in [7, 11) is 0. The summed E-state index contributed by atoms with van der Waals surface area (Å²) in [6.45, 7) is 1.71. The molecule has 0 radical (unpaired) electrons. The molecule has 0 amide bonds. The minimum atomic E-state index is 0.269. The molecule has 1 aliphatic heterocycles. The maximum absolute atomic E-state index is 6.22. The van der Waals surface area contributed by atoms with Gasteiger partial charge in [0.2, 0.25) is 0 Å². The number of hydrogen-bond donors (Lipinski definition) is 0. The molecular formula is C15H17ClO. The van der Waals surface area contributed by atoms with Gasteiger partial charge in [0.15, 0.2) is 0 Å². The predicted molar refractivity (Wildman–Crippen MR) is 70.1 cm³/mol. The second kappa shape index (κ2) is 4.47. The zero-order chi connectivity index (χ0) is 11.7. The van der Waals surface area contributed by atoms with Crippen LogP contribution >= 0.6 is 11.6 Å². The fraction of sp³-hybridized carbons (Fsp3) is 0.467. The van der Waals surface area contributed by atoms with Gasteiger partial charge in [0, 0.05) is 10.4 Å². The SMILES string of the molecule is ClC1=C2CCOCC2(CCc2ccccc2)C1. The van der Waals surface area contributed by atoms with E-state index in [0.717, 1.165) is 37.5 Å². The van der Waals surface area contributed by atoms with Gasteiger partial charge in [0.1, 0.15) is 0 Å². The minimum absolute atomic E-state index is 0.269. The highest BCUT2D eigenvalue weighted by Gasteiger charge is 2.45. The predicted octanol–water partition coefficient (Wildman–Crippen LogP) is 3.92. The Morgan fingerprint density at radius 1 is 1.24 bits per heavy atom. The molecule has 0 N–H and O–H groups in total. The van der Waals surface area contributed by atoms with E-state index in [9.17, 15) is 0 Å². The Balaban J connectivity index is 1.69. The molecule has 0 spiro atoms. The third-order valence-electron chi connectivity index (χ3n) is 4.07. The number of halogens is 1. The highest BCUT2D eigenvalue weighted by Crippen LogP contribution is 2.54. The molecule has 17 heavy (non-hydrogen) atoms. The summed E-state index contributed by atoms with van der Waals surface area (Å²) in [5.74, 6) is 0. The summed E-state index contributed by atoms with van der Waals surface area (Å²) in [5, 5.41) is 1.10. The van der Waals surface area contributed by atoms with Crippen LogP contribution in [0, 0.1) is 5.41 Å². The molecule has 2 heteroatoms. The van der Waals surface area contributed by atoms with Gasteiger partial charge in [-0.25, -0.2) is 0 Å². The van der Waals surface area contributed by atoms with Crippen LogP contribution in [0.2, 0.25) is 0 Å². The average molecular weight is 249 g/mol. The van der Waals surface area contributed by atoms with Gasteiger partial charge in [-0.05, 0) is 36.8 Å². The highest BCUT2D eigenvalue weighted by molar-refractivity contribution is 6.31. The number of hydrogen-bond acceptors (Lipinski definition) is 1. The molecule has 0 bridgehead atoms. The highest BCUT2D eigenvalue weighted by atomic mass is 35.5. The van der Waals surface area contributed by atoms with Crippen molar-refractivity contribution in [1.29, 1.82) is 0 Å². The van der Waals surface area contributed by atoms with Crippen LogP contribution in [0.3, 0.4) is 0 Å². The Morgan fingerprint density at radius 2 is 2.06 bits per heavy atom. The molecule has 1 saturated heterocycles. The lowest BCUT2D eigenvalue weighted by atomic mass is 9.64. The second-order valence-electron chi connectivity index (χ2n) is 5.13. The zero-order valence-electron chi connectivity index (χ0n) is 9.92. The Kier molecular flexibility index (Phi) is 2.97. The second-order valence-corrected chi connectivity index (χ2v) is 5.58. The molecule has 2 aliphatic rings. The van der Waals surface area contributed by atoms with Crippen molar-refractivity contribution < 1.29 is 4.74 Å². The van der Waals surface area contributed by atoms with E-state index in [1.54, 1.807) is 0 Å². The first-order valence-corrected chi connectivity index (χ1v) is 6.68. The summed E-state index contributed by atoms with van der Waals surface area (Å²) in [5.41, 5.74) is 3.15. The lowest BCUT2D eigenvalue weighted by molar-refractivity contribution is 0.0130. The van der Waals surface area contributed by atoms with Crippen LogP contribution in [0.25, 0.3) is 0 Å². The summed E-state index contributed by atoms with van der Waals surface area (Å²) >= 11 is 6.22. The Bertz CT molecular complexity index is 437. The Hall–Kier alpha value is -0.790. The molecule has 1 aromatic carbocycles. The first-order chi connectivity index (χ1) is 8.30. The smallest absolute Gasteiger partial charge is 0.0563 e. The molecule has 90 valence electrons. The van der Waals surface area contributed by atoms with Crippen molar-refractivity contribution in [2.75, 3.05) is 13.2 Å². The average Bonchev–Trinajstić information content (AvgIpc) is 2.36. The van der Waals surface area contributed by atoms with Gasteiger partial charge >= 0.3 is 0 Å². The van der Waals surface area contributed by atoms with Gasteiger partial charge in [-0.1, -0.05) is 41.9 Å². The maximum atomic E-state index is 6.22. The topological polar surface area (TPSA) is 9.23 Å². The summed E-state index contributed by atoms with van der Waals surface area (Å²) in [6.07, 6.45) is 4.35. The van der Waals surface area contributed by atoms with Gasteiger partial charge < -0.3 is 4.74 Å². The van der Waals surface area contributed by atoms with Gasteiger partial charge in [-0.2, -0.15) is 0 Å². The van der Waals surface area contributed by atoms with Crippen LogP contribution < -0.4 is 0 Å². The van der Waals surface area contributed by atoms with E-state index in [0.29, 0.717) is 0 Å². The molecule has 3 rings (SSSR count). The summed E-state index contributed by atoms with van der Waals surface area (Å²) in [6, 6.07) is 10.7. The Labute approximate surface area is 107 Å². The van der Waals surface area contributed by atoms with Crippen LogP contribution in [-0.2, 0) is 11.2 Å². The van der Waals surface area contributed by atoms with E-state index in [4.69, 9.17) is 16.3 Å². The minimum Gasteiger partial charge on any atom is -0.380 e. The van der Waals surface area contributed by atoms with E-state index in [1.165, 1.54) is 17.6 Å². The number of fused-ring (bicyclic) bond motifs is 1. The lowest BCUT2D eigenvalue weighted by Gasteiger charge is -2.47. The van der Waals surface area contributed by atoms with Crippen LogP contribution in [0.1, 0.15) is 24.8 Å². The first kappa shape index (κ1) is 11.3. The standard InChI is InChI=1S/C15H17ClO/c16-14-10-15(11-17-9-7-13(14)15)8-6-12-4-2-1-3-5-12/h1-5H,6-11H2. The lowest BCUT2D eigenvalue weighted by Crippen LogP contribution is -2.41. The molecule has 1 nitrogen and oxygen atoms in total. The third-order valence-corrected chi connectivity index (χ3v) is 4.43. The number of ether oxygens (including phenoxy) is 1. The van der Waals surface area contributed by atoms with E-state index in [2.05, 4.69) is 30.3 Å². The van der Waals surface area contributed by atoms with Crippen LogP contribution in [-0.4, -0.2) is 13.2 Å². The van der Waals surface area contributed by atoms with Gasteiger partial charge in [-0.3, -0.25) is 0 Å². The molecule has 1 fully saturated rings.